The summed E-state index contributed by atoms with van der Waals surface area (Å²) < 4.78 is 33.3. The van der Waals surface area contributed by atoms with E-state index < -0.39 is 11.6 Å². The Morgan fingerprint density at radius 2 is 1.06 bits per heavy atom. The Balaban J connectivity index is 1.94. The van der Waals surface area contributed by atoms with Gasteiger partial charge in [0, 0.05) is 9.75 Å². The van der Waals surface area contributed by atoms with E-state index in [-0.39, 0.29) is 11.1 Å². The molecule has 0 fully saturated rings. The molecule has 4 rings (SSSR count). The van der Waals surface area contributed by atoms with Crippen LogP contribution in [0.5, 0.6) is 0 Å². The van der Waals surface area contributed by atoms with Crippen LogP contribution >= 0.6 is 54.5 Å². The van der Waals surface area contributed by atoms with E-state index in [1.54, 1.807) is 0 Å². The molecule has 0 aliphatic rings. The molecule has 0 unspecified atom stereocenters. The number of aromatic nitrogens is 2. The Labute approximate surface area is 236 Å². The molecule has 0 aliphatic heterocycles. The van der Waals surface area contributed by atoms with Crippen LogP contribution in [-0.2, 0) is 12.8 Å². The lowest BCUT2D eigenvalue weighted by molar-refractivity contribution is 0.515. The van der Waals surface area contributed by atoms with E-state index in [0.717, 1.165) is 70.3 Å². The standard InChI is InChI=1S/C28H30Br2F2N2S2/c1-3-5-7-9-11-17-18(12-10-8-6-4-2)34-28-24(20-14-16-22(30)36-20)26(32)25(31)23(27(28)33-17)19-13-15-21(29)35-19/h13-16H,3-12H2,1-2H3. The second-order valence-electron chi connectivity index (χ2n) is 9.02. The zero-order valence-corrected chi connectivity index (χ0v) is 25.4. The highest BCUT2D eigenvalue weighted by Gasteiger charge is 2.27. The highest BCUT2D eigenvalue weighted by molar-refractivity contribution is 9.11. The first kappa shape index (κ1) is 27.8. The summed E-state index contributed by atoms with van der Waals surface area (Å²) >= 11 is 9.69. The smallest absolute Gasteiger partial charge is 0.170 e. The monoisotopic (exact) mass is 654 g/mol. The van der Waals surface area contributed by atoms with Crippen molar-refractivity contribution in [3.63, 3.8) is 0 Å². The number of halogens is 4. The van der Waals surface area contributed by atoms with E-state index in [1.807, 2.05) is 24.3 Å². The van der Waals surface area contributed by atoms with Gasteiger partial charge in [-0.25, -0.2) is 18.7 Å². The summed E-state index contributed by atoms with van der Waals surface area (Å²) in [7, 11) is 0. The van der Waals surface area contributed by atoms with Crippen LogP contribution in [-0.4, -0.2) is 9.97 Å². The third kappa shape index (κ3) is 6.25. The number of benzene rings is 1. The Hall–Kier alpha value is -1.22. The maximum Gasteiger partial charge on any atom is 0.170 e. The van der Waals surface area contributed by atoms with Crippen molar-refractivity contribution in [3.8, 4) is 20.9 Å². The van der Waals surface area contributed by atoms with Gasteiger partial charge in [-0.1, -0.05) is 52.4 Å². The van der Waals surface area contributed by atoms with E-state index in [2.05, 4.69) is 45.7 Å². The summed E-state index contributed by atoms with van der Waals surface area (Å²) in [5.41, 5.74) is 3.17. The number of rotatable bonds is 12. The van der Waals surface area contributed by atoms with Crippen LogP contribution in [0.4, 0.5) is 8.78 Å². The fourth-order valence-electron chi connectivity index (χ4n) is 4.47. The minimum absolute atomic E-state index is 0.206. The molecular formula is C28H30Br2F2N2S2. The van der Waals surface area contributed by atoms with Gasteiger partial charge in [0.1, 0.15) is 11.0 Å². The van der Waals surface area contributed by atoms with E-state index in [9.17, 15) is 0 Å². The van der Waals surface area contributed by atoms with Crippen molar-refractivity contribution >= 4 is 65.6 Å². The largest absolute Gasteiger partial charge is 0.248 e. The number of hydrogen-bond acceptors (Lipinski definition) is 4. The van der Waals surface area contributed by atoms with Gasteiger partial charge in [-0.2, -0.15) is 0 Å². The van der Waals surface area contributed by atoms with Crippen LogP contribution in [0.3, 0.4) is 0 Å². The summed E-state index contributed by atoms with van der Waals surface area (Å²) in [6, 6.07) is 7.34. The predicted octanol–water partition coefficient (Wildman–Crippen LogP) is 11.1. The first-order valence-electron chi connectivity index (χ1n) is 12.7. The average molecular weight is 656 g/mol. The summed E-state index contributed by atoms with van der Waals surface area (Å²) in [4.78, 5) is 11.4. The average Bonchev–Trinajstić information content (AvgIpc) is 3.48. The Kier molecular flexibility index (Phi) is 10.1. The maximum atomic E-state index is 15.8. The van der Waals surface area contributed by atoms with Gasteiger partial charge in [0.05, 0.1) is 30.1 Å². The molecule has 2 nitrogen and oxygen atoms in total. The zero-order chi connectivity index (χ0) is 25.7. The lowest BCUT2D eigenvalue weighted by Crippen LogP contribution is -2.07. The van der Waals surface area contributed by atoms with Crippen molar-refractivity contribution in [2.24, 2.45) is 0 Å². The second kappa shape index (κ2) is 13.0. The minimum atomic E-state index is -0.863. The number of nitrogens with zero attached hydrogens (tertiary/aromatic N) is 2. The van der Waals surface area contributed by atoms with E-state index in [1.165, 1.54) is 35.5 Å². The number of thiophene rings is 2. The Morgan fingerprint density at radius 3 is 1.39 bits per heavy atom. The summed E-state index contributed by atoms with van der Waals surface area (Å²) in [5.74, 6) is -1.73. The van der Waals surface area contributed by atoms with Crippen molar-refractivity contribution in [2.45, 2.75) is 78.1 Å². The van der Waals surface area contributed by atoms with Crippen LogP contribution in [0.15, 0.2) is 31.8 Å². The topological polar surface area (TPSA) is 25.8 Å². The molecule has 3 heterocycles. The molecular weight excluding hydrogens is 626 g/mol. The molecule has 4 aromatic rings. The van der Waals surface area contributed by atoms with Crippen LogP contribution < -0.4 is 0 Å². The van der Waals surface area contributed by atoms with E-state index in [4.69, 9.17) is 9.97 Å². The van der Waals surface area contributed by atoms with Crippen LogP contribution in [0.25, 0.3) is 31.9 Å². The van der Waals surface area contributed by atoms with Gasteiger partial charge in [-0.05, 0) is 81.8 Å². The molecule has 192 valence electrons. The van der Waals surface area contributed by atoms with E-state index >= 15 is 8.78 Å². The summed E-state index contributed by atoms with van der Waals surface area (Å²) in [5, 5.41) is 0. The molecule has 8 heteroatoms. The SMILES string of the molecule is CCCCCCc1nc2c(-c3ccc(Br)s3)c(F)c(F)c(-c3ccc(Br)s3)c2nc1CCCCCC. The van der Waals surface area contributed by atoms with Crippen molar-refractivity contribution in [3.05, 3.63) is 54.9 Å². The molecule has 3 aromatic heterocycles. The normalized spacial score (nSPS) is 11.6. The molecule has 0 saturated heterocycles. The van der Waals surface area contributed by atoms with E-state index in [0.29, 0.717) is 20.8 Å². The quantitative estimate of drug-likeness (QED) is 0.142. The molecule has 0 bridgehead atoms. The van der Waals surface area contributed by atoms with Crippen molar-refractivity contribution in [2.75, 3.05) is 0 Å². The van der Waals surface area contributed by atoms with Gasteiger partial charge in [-0.3, -0.25) is 0 Å². The van der Waals surface area contributed by atoms with Crippen LogP contribution in [0, 0.1) is 11.6 Å². The first-order valence-corrected chi connectivity index (χ1v) is 15.9. The van der Waals surface area contributed by atoms with Crippen molar-refractivity contribution < 1.29 is 8.78 Å². The Bertz CT molecular complexity index is 1230. The van der Waals surface area contributed by atoms with Crippen LogP contribution in [0.1, 0.15) is 76.6 Å². The molecule has 36 heavy (non-hydrogen) atoms. The fraction of sp³-hybridized carbons (Fsp3) is 0.429. The van der Waals surface area contributed by atoms with Gasteiger partial charge >= 0.3 is 0 Å². The third-order valence-corrected chi connectivity index (χ3v) is 9.61. The molecule has 0 radical (unpaired) electrons. The lowest BCUT2D eigenvalue weighted by atomic mass is 10.0. The zero-order valence-electron chi connectivity index (χ0n) is 20.6. The Morgan fingerprint density at radius 1 is 0.639 bits per heavy atom. The van der Waals surface area contributed by atoms with Crippen molar-refractivity contribution in [1.82, 2.24) is 9.97 Å². The van der Waals surface area contributed by atoms with Gasteiger partial charge in [0.2, 0.25) is 0 Å². The number of fused-ring (bicyclic) bond motifs is 1. The molecule has 0 spiro atoms. The molecule has 0 atom stereocenters. The number of hydrogen-bond donors (Lipinski definition) is 0. The van der Waals surface area contributed by atoms with Gasteiger partial charge < -0.3 is 0 Å². The lowest BCUT2D eigenvalue weighted by Gasteiger charge is -2.16. The molecule has 0 amide bonds. The maximum absolute atomic E-state index is 15.8. The number of unbranched alkanes of at least 4 members (excludes halogenated alkanes) is 6. The van der Waals surface area contributed by atoms with Gasteiger partial charge in [0.15, 0.2) is 11.6 Å². The van der Waals surface area contributed by atoms with Crippen molar-refractivity contribution in [1.29, 1.82) is 0 Å². The van der Waals surface area contributed by atoms with Gasteiger partial charge in [0.25, 0.3) is 0 Å². The van der Waals surface area contributed by atoms with Gasteiger partial charge in [-0.15, -0.1) is 22.7 Å². The highest BCUT2D eigenvalue weighted by Crippen LogP contribution is 2.44. The fourth-order valence-corrected chi connectivity index (χ4v) is 7.32. The minimum Gasteiger partial charge on any atom is -0.248 e. The molecule has 0 aliphatic carbocycles. The molecule has 0 N–H and O–H groups in total. The first-order chi connectivity index (χ1) is 17.4. The third-order valence-electron chi connectivity index (χ3n) is 6.33. The molecule has 1 aromatic carbocycles. The van der Waals surface area contributed by atoms with Crippen LogP contribution in [0.2, 0.25) is 0 Å². The second-order valence-corrected chi connectivity index (χ2v) is 13.9. The summed E-state index contributed by atoms with van der Waals surface area (Å²) in [6.45, 7) is 4.39. The molecule has 0 saturated carbocycles. The summed E-state index contributed by atoms with van der Waals surface area (Å²) in [6.07, 6.45) is 10.6. The number of aryl methyl sites for hydroxylation is 2. The highest BCUT2D eigenvalue weighted by atomic mass is 79.9. The predicted molar refractivity (Wildman–Crippen MR) is 157 cm³/mol.